The van der Waals surface area contributed by atoms with Crippen molar-refractivity contribution in [3.05, 3.63) is 0 Å². The highest BCUT2D eigenvalue weighted by atomic mass is 19.1. The highest BCUT2D eigenvalue weighted by Gasteiger charge is 2.49. The Morgan fingerprint density at radius 2 is 2.16 bits per heavy atom. The summed E-state index contributed by atoms with van der Waals surface area (Å²) in [7, 11) is 0. The summed E-state index contributed by atoms with van der Waals surface area (Å²) in [5.41, 5.74) is 6.03. The molecule has 3 aliphatic rings. The number of fused-ring (bicyclic) bond motifs is 1. The molecule has 7 heteroatoms. The molecule has 5 atom stereocenters. The van der Waals surface area contributed by atoms with Gasteiger partial charge in [-0.25, -0.2) is 9.82 Å². The SMILES string of the molecule is O=C(O)C1CC(=O)N(C2NNC3CCCC(F)C32)C1. The van der Waals surface area contributed by atoms with Crippen molar-refractivity contribution in [3.63, 3.8) is 0 Å². The fourth-order valence-electron chi connectivity index (χ4n) is 3.50. The van der Waals surface area contributed by atoms with Crippen LogP contribution < -0.4 is 10.9 Å². The first-order chi connectivity index (χ1) is 9.08. The third-order valence-electron chi connectivity index (χ3n) is 4.50. The van der Waals surface area contributed by atoms with Crippen LogP contribution in [-0.2, 0) is 9.59 Å². The Morgan fingerprint density at radius 1 is 1.37 bits per heavy atom. The predicted octanol–water partition coefficient (Wildman–Crippen LogP) is -0.140. The van der Waals surface area contributed by atoms with Crippen LogP contribution in [0.25, 0.3) is 0 Å². The molecule has 19 heavy (non-hydrogen) atoms. The highest BCUT2D eigenvalue weighted by molar-refractivity contribution is 5.86. The second-order valence-corrected chi connectivity index (χ2v) is 5.65. The fourth-order valence-corrected chi connectivity index (χ4v) is 3.50. The maximum Gasteiger partial charge on any atom is 0.308 e. The summed E-state index contributed by atoms with van der Waals surface area (Å²) in [6.45, 7) is 0.170. The van der Waals surface area contributed by atoms with Gasteiger partial charge in [0.25, 0.3) is 0 Å². The molecule has 1 saturated carbocycles. The Hall–Kier alpha value is -1.21. The summed E-state index contributed by atoms with van der Waals surface area (Å²) in [6, 6.07) is 0.0328. The Kier molecular flexibility index (Phi) is 3.18. The Bertz CT molecular complexity index is 406. The van der Waals surface area contributed by atoms with Crippen molar-refractivity contribution in [3.8, 4) is 0 Å². The van der Waals surface area contributed by atoms with E-state index in [0.717, 1.165) is 12.8 Å². The third-order valence-corrected chi connectivity index (χ3v) is 4.50. The quantitative estimate of drug-likeness (QED) is 0.651. The topological polar surface area (TPSA) is 81.7 Å². The lowest BCUT2D eigenvalue weighted by Gasteiger charge is -2.34. The van der Waals surface area contributed by atoms with Crippen LogP contribution in [-0.4, -0.2) is 46.8 Å². The standard InChI is InChI=1S/C12H18FN3O3/c13-7-2-1-3-8-10(7)11(15-14-8)16-5-6(12(18)19)4-9(16)17/h6-8,10-11,14-15H,1-5H2,(H,18,19). The van der Waals surface area contributed by atoms with Crippen LogP contribution in [0.2, 0.25) is 0 Å². The Labute approximate surface area is 110 Å². The van der Waals surface area contributed by atoms with Crippen LogP contribution in [0.4, 0.5) is 4.39 Å². The van der Waals surface area contributed by atoms with Crippen molar-refractivity contribution in [1.29, 1.82) is 0 Å². The van der Waals surface area contributed by atoms with Gasteiger partial charge >= 0.3 is 5.97 Å². The highest BCUT2D eigenvalue weighted by Crippen LogP contribution is 2.35. The molecule has 0 aromatic carbocycles. The molecule has 106 valence electrons. The lowest BCUT2D eigenvalue weighted by atomic mass is 9.82. The van der Waals surface area contributed by atoms with E-state index in [2.05, 4.69) is 10.9 Å². The van der Waals surface area contributed by atoms with Crippen molar-refractivity contribution >= 4 is 11.9 Å². The number of hydrazine groups is 1. The molecule has 2 heterocycles. The van der Waals surface area contributed by atoms with E-state index in [1.54, 1.807) is 0 Å². The van der Waals surface area contributed by atoms with E-state index in [1.165, 1.54) is 4.90 Å². The number of carbonyl (C=O) groups excluding carboxylic acids is 1. The van der Waals surface area contributed by atoms with E-state index in [0.29, 0.717) is 6.42 Å². The normalized spacial score (nSPS) is 42.5. The molecule has 1 amide bonds. The van der Waals surface area contributed by atoms with Gasteiger partial charge in [0.2, 0.25) is 5.91 Å². The van der Waals surface area contributed by atoms with Gasteiger partial charge in [0.15, 0.2) is 0 Å². The number of hydrogen-bond donors (Lipinski definition) is 3. The zero-order valence-corrected chi connectivity index (χ0v) is 10.5. The molecule has 3 N–H and O–H groups in total. The average molecular weight is 271 g/mol. The molecule has 2 aliphatic heterocycles. The lowest BCUT2D eigenvalue weighted by Crippen LogP contribution is -2.50. The first-order valence-electron chi connectivity index (χ1n) is 6.75. The van der Waals surface area contributed by atoms with Crippen LogP contribution in [0, 0.1) is 11.8 Å². The number of amides is 1. The molecule has 3 rings (SSSR count). The van der Waals surface area contributed by atoms with E-state index in [4.69, 9.17) is 5.11 Å². The average Bonchev–Trinajstić information content (AvgIpc) is 2.93. The molecule has 2 saturated heterocycles. The smallest absolute Gasteiger partial charge is 0.308 e. The van der Waals surface area contributed by atoms with E-state index < -0.39 is 24.2 Å². The van der Waals surface area contributed by atoms with Crippen LogP contribution in [0.15, 0.2) is 0 Å². The first kappa shape index (κ1) is 12.8. The number of carboxylic acid groups (broad SMARTS) is 1. The zero-order chi connectivity index (χ0) is 13.6. The Morgan fingerprint density at radius 3 is 2.84 bits per heavy atom. The summed E-state index contributed by atoms with van der Waals surface area (Å²) < 4.78 is 14.1. The second-order valence-electron chi connectivity index (χ2n) is 5.65. The fraction of sp³-hybridized carbons (Fsp3) is 0.833. The van der Waals surface area contributed by atoms with Crippen LogP contribution in [0.1, 0.15) is 25.7 Å². The van der Waals surface area contributed by atoms with E-state index in [-0.39, 0.29) is 30.8 Å². The molecule has 6 nitrogen and oxygen atoms in total. The number of carboxylic acids is 1. The number of likely N-dealkylation sites (tertiary alicyclic amines) is 1. The van der Waals surface area contributed by atoms with Crippen molar-refractivity contribution < 1.29 is 19.1 Å². The van der Waals surface area contributed by atoms with Gasteiger partial charge < -0.3 is 10.0 Å². The maximum absolute atomic E-state index is 14.1. The van der Waals surface area contributed by atoms with Gasteiger partial charge in [-0.1, -0.05) is 0 Å². The van der Waals surface area contributed by atoms with Gasteiger partial charge in [-0.05, 0) is 19.3 Å². The van der Waals surface area contributed by atoms with Gasteiger partial charge in [0.05, 0.1) is 5.92 Å². The largest absolute Gasteiger partial charge is 0.481 e. The van der Waals surface area contributed by atoms with Crippen LogP contribution in [0.3, 0.4) is 0 Å². The molecular formula is C12H18FN3O3. The zero-order valence-electron chi connectivity index (χ0n) is 10.5. The van der Waals surface area contributed by atoms with E-state index in [9.17, 15) is 14.0 Å². The van der Waals surface area contributed by atoms with E-state index >= 15 is 0 Å². The number of alkyl halides is 1. The molecule has 3 fully saturated rings. The van der Waals surface area contributed by atoms with Crippen LogP contribution >= 0.6 is 0 Å². The number of rotatable bonds is 2. The Balaban J connectivity index is 1.75. The van der Waals surface area contributed by atoms with Gasteiger partial charge in [-0.15, -0.1) is 0 Å². The summed E-state index contributed by atoms with van der Waals surface area (Å²) in [5.74, 6) is -2.11. The van der Waals surface area contributed by atoms with Crippen LogP contribution in [0.5, 0.6) is 0 Å². The summed E-state index contributed by atoms with van der Waals surface area (Å²) in [6.07, 6.45) is 0.905. The summed E-state index contributed by atoms with van der Waals surface area (Å²) >= 11 is 0. The van der Waals surface area contributed by atoms with Gasteiger partial charge in [-0.3, -0.25) is 15.0 Å². The number of aliphatic carboxylic acids is 1. The molecule has 0 spiro atoms. The molecule has 0 aromatic rings. The maximum atomic E-state index is 14.1. The number of carbonyl (C=O) groups is 2. The molecule has 0 bridgehead atoms. The monoisotopic (exact) mass is 271 g/mol. The lowest BCUT2D eigenvalue weighted by molar-refractivity contribution is -0.141. The van der Waals surface area contributed by atoms with E-state index in [1.807, 2.05) is 0 Å². The second kappa shape index (κ2) is 4.72. The van der Waals surface area contributed by atoms with Gasteiger partial charge in [-0.2, -0.15) is 0 Å². The predicted molar refractivity (Wildman–Crippen MR) is 63.5 cm³/mol. The molecule has 0 radical (unpaired) electrons. The molecule has 0 aromatic heterocycles. The number of nitrogens with zero attached hydrogens (tertiary/aromatic N) is 1. The molecule has 5 unspecified atom stereocenters. The summed E-state index contributed by atoms with van der Waals surface area (Å²) in [4.78, 5) is 24.4. The minimum Gasteiger partial charge on any atom is -0.481 e. The van der Waals surface area contributed by atoms with Gasteiger partial charge in [0.1, 0.15) is 12.3 Å². The van der Waals surface area contributed by atoms with Gasteiger partial charge in [0, 0.05) is 24.9 Å². The number of nitrogens with one attached hydrogen (secondary N) is 2. The number of halogens is 1. The first-order valence-corrected chi connectivity index (χ1v) is 6.75. The minimum atomic E-state index is -0.959. The van der Waals surface area contributed by atoms with Crippen molar-refractivity contribution in [2.24, 2.45) is 11.8 Å². The number of hydrogen-bond acceptors (Lipinski definition) is 4. The van der Waals surface area contributed by atoms with Crippen molar-refractivity contribution in [2.75, 3.05) is 6.54 Å². The summed E-state index contributed by atoms with van der Waals surface area (Å²) in [5, 5.41) is 8.99. The van der Waals surface area contributed by atoms with Crippen molar-refractivity contribution in [2.45, 2.75) is 44.1 Å². The molecule has 1 aliphatic carbocycles. The molecular weight excluding hydrogens is 253 g/mol. The van der Waals surface area contributed by atoms with Crippen molar-refractivity contribution in [1.82, 2.24) is 15.8 Å². The third kappa shape index (κ3) is 2.10. The minimum absolute atomic E-state index is 0.0157.